The number of aliphatic hydroxyl groups is 1. The lowest BCUT2D eigenvalue weighted by Crippen LogP contribution is -2.27. The number of nitro groups is 1. The highest BCUT2D eigenvalue weighted by Gasteiger charge is 2.17. The van der Waals surface area contributed by atoms with Crippen LogP contribution in [0.2, 0.25) is 0 Å². The first-order chi connectivity index (χ1) is 7.85. The highest BCUT2D eigenvalue weighted by Crippen LogP contribution is 2.20. The molecule has 0 aliphatic carbocycles. The SMILES string of the molecule is Cc1cc([N+](=O)[O-])cnc1NCC(C)(C)CO. The number of hydrogen-bond acceptors (Lipinski definition) is 5. The lowest BCUT2D eigenvalue weighted by Gasteiger charge is -2.22. The molecule has 0 aliphatic rings. The van der Waals surface area contributed by atoms with Gasteiger partial charge in [-0.2, -0.15) is 0 Å². The van der Waals surface area contributed by atoms with Crippen molar-refractivity contribution in [3.63, 3.8) is 0 Å². The second-order valence-corrected chi connectivity index (χ2v) is 4.79. The Labute approximate surface area is 99.8 Å². The third kappa shape index (κ3) is 3.67. The van der Waals surface area contributed by atoms with Gasteiger partial charge in [0.05, 0.1) is 4.92 Å². The van der Waals surface area contributed by atoms with E-state index in [-0.39, 0.29) is 17.7 Å². The Kier molecular flexibility index (Phi) is 4.01. The molecule has 1 aromatic rings. The second-order valence-electron chi connectivity index (χ2n) is 4.79. The van der Waals surface area contributed by atoms with E-state index in [1.807, 2.05) is 13.8 Å². The van der Waals surface area contributed by atoms with E-state index in [2.05, 4.69) is 10.3 Å². The molecule has 0 saturated carbocycles. The molecule has 1 aromatic heterocycles. The van der Waals surface area contributed by atoms with E-state index in [9.17, 15) is 10.1 Å². The zero-order chi connectivity index (χ0) is 13.1. The highest BCUT2D eigenvalue weighted by atomic mass is 16.6. The molecule has 6 nitrogen and oxygen atoms in total. The van der Waals surface area contributed by atoms with Gasteiger partial charge in [-0.3, -0.25) is 10.1 Å². The number of rotatable bonds is 5. The van der Waals surface area contributed by atoms with Crippen molar-refractivity contribution < 1.29 is 10.0 Å². The predicted octanol–water partition coefficient (Wildman–Crippen LogP) is 1.73. The first-order valence-electron chi connectivity index (χ1n) is 5.31. The van der Waals surface area contributed by atoms with Gasteiger partial charge in [0.15, 0.2) is 0 Å². The van der Waals surface area contributed by atoms with Gasteiger partial charge in [-0.25, -0.2) is 4.98 Å². The van der Waals surface area contributed by atoms with Gasteiger partial charge < -0.3 is 10.4 Å². The fraction of sp³-hybridized carbons (Fsp3) is 0.545. The van der Waals surface area contributed by atoms with Crippen molar-refractivity contribution in [3.05, 3.63) is 27.9 Å². The lowest BCUT2D eigenvalue weighted by atomic mass is 9.95. The Morgan fingerprint density at radius 1 is 1.59 bits per heavy atom. The van der Waals surface area contributed by atoms with Crippen molar-refractivity contribution in [2.24, 2.45) is 5.41 Å². The Morgan fingerprint density at radius 2 is 2.24 bits per heavy atom. The largest absolute Gasteiger partial charge is 0.396 e. The van der Waals surface area contributed by atoms with Crippen LogP contribution in [0.5, 0.6) is 0 Å². The first-order valence-corrected chi connectivity index (χ1v) is 5.31. The summed E-state index contributed by atoms with van der Waals surface area (Å²) in [5.74, 6) is 0.608. The molecular formula is C11H17N3O3. The maximum atomic E-state index is 10.5. The van der Waals surface area contributed by atoms with Crippen LogP contribution in [0, 0.1) is 22.5 Å². The van der Waals surface area contributed by atoms with Crippen LogP contribution >= 0.6 is 0 Å². The third-order valence-corrected chi connectivity index (χ3v) is 2.44. The molecule has 0 fully saturated rings. The minimum atomic E-state index is -0.471. The third-order valence-electron chi connectivity index (χ3n) is 2.44. The summed E-state index contributed by atoms with van der Waals surface area (Å²) in [6.07, 6.45) is 1.22. The summed E-state index contributed by atoms with van der Waals surface area (Å²) in [6.45, 7) is 6.21. The molecule has 0 saturated heterocycles. The van der Waals surface area contributed by atoms with Gasteiger partial charge in [-0.05, 0) is 12.5 Å². The molecular weight excluding hydrogens is 222 g/mol. The molecule has 0 radical (unpaired) electrons. The Morgan fingerprint density at radius 3 is 2.71 bits per heavy atom. The van der Waals surface area contributed by atoms with Crippen LogP contribution in [-0.4, -0.2) is 28.2 Å². The number of aryl methyl sites for hydroxylation is 1. The minimum Gasteiger partial charge on any atom is -0.396 e. The fourth-order valence-corrected chi connectivity index (χ4v) is 1.22. The number of aromatic nitrogens is 1. The maximum Gasteiger partial charge on any atom is 0.287 e. The molecule has 2 N–H and O–H groups in total. The molecule has 1 heterocycles. The predicted molar refractivity (Wildman–Crippen MR) is 65.0 cm³/mol. The van der Waals surface area contributed by atoms with Crippen LogP contribution < -0.4 is 5.32 Å². The molecule has 0 unspecified atom stereocenters. The second kappa shape index (κ2) is 5.09. The van der Waals surface area contributed by atoms with Crippen molar-refractivity contribution >= 4 is 11.5 Å². The summed E-state index contributed by atoms with van der Waals surface area (Å²) in [4.78, 5) is 14.1. The summed E-state index contributed by atoms with van der Waals surface area (Å²) < 4.78 is 0. The van der Waals surface area contributed by atoms with E-state index >= 15 is 0 Å². The van der Waals surface area contributed by atoms with Crippen molar-refractivity contribution in [2.75, 3.05) is 18.5 Å². The molecule has 0 bridgehead atoms. The molecule has 0 spiro atoms. The molecule has 6 heteroatoms. The summed E-state index contributed by atoms with van der Waals surface area (Å²) in [5, 5.41) is 22.7. The van der Waals surface area contributed by atoms with Crippen LogP contribution in [0.25, 0.3) is 0 Å². The summed E-state index contributed by atoms with van der Waals surface area (Å²) in [7, 11) is 0. The lowest BCUT2D eigenvalue weighted by molar-refractivity contribution is -0.385. The normalized spacial score (nSPS) is 11.3. The van der Waals surface area contributed by atoms with Gasteiger partial charge in [0.25, 0.3) is 5.69 Å². The average Bonchev–Trinajstić information content (AvgIpc) is 2.27. The maximum absolute atomic E-state index is 10.5. The Bertz CT molecular complexity index is 418. The van der Waals surface area contributed by atoms with Crippen LogP contribution in [0.1, 0.15) is 19.4 Å². The summed E-state index contributed by atoms with van der Waals surface area (Å²) in [6, 6.07) is 1.47. The van der Waals surface area contributed by atoms with Gasteiger partial charge in [0.2, 0.25) is 0 Å². The van der Waals surface area contributed by atoms with E-state index < -0.39 is 4.92 Å². The molecule has 1 rings (SSSR count). The topological polar surface area (TPSA) is 88.3 Å². The van der Waals surface area contributed by atoms with Gasteiger partial charge in [0.1, 0.15) is 12.0 Å². The van der Waals surface area contributed by atoms with Gasteiger partial charge >= 0.3 is 0 Å². The van der Waals surface area contributed by atoms with Crippen LogP contribution in [0.4, 0.5) is 11.5 Å². The van der Waals surface area contributed by atoms with E-state index in [1.165, 1.54) is 12.3 Å². The number of anilines is 1. The smallest absolute Gasteiger partial charge is 0.287 e. The van der Waals surface area contributed by atoms with Crippen molar-refractivity contribution in [1.82, 2.24) is 4.98 Å². The molecule has 0 aliphatic heterocycles. The Hall–Kier alpha value is -1.69. The van der Waals surface area contributed by atoms with E-state index in [0.29, 0.717) is 17.9 Å². The average molecular weight is 239 g/mol. The van der Waals surface area contributed by atoms with Crippen molar-refractivity contribution in [3.8, 4) is 0 Å². The summed E-state index contributed by atoms with van der Waals surface area (Å²) >= 11 is 0. The highest BCUT2D eigenvalue weighted by molar-refractivity contribution is 5.48. The van der Waals surface area contributed by atoms with Gasteiger partial charge in [-0.15, -0.1) is 0 Å². The monoisotopic (exact) mass is 239 g/mol. The molecule has 0 amide bonds. The molecule has 0 aromatic carbocycles. The number of aliphatic hydroxyl groups excluding tert-OH is 1. The van der Waals surface area contributed by atoms with Crippen molar-refractivity contribution in [1.29, 1.82) is 0 Å². The molecule has 94 valence electrons. The minimum absolute atomic E-state index is 0.0190. The number of pyridine rings is 1. The van der Waals surface area contributed by atoms with E-state index in [1.54, 1.807) is 6.92 Å². The zero-order valence-corrected chi connectivity index (χ0v) is 10.2. The zero-order valence-electron chi connectivity index (χ0n) is 10.2. The number of nitrogens with one attached hydrogen (secondary N) is 1. The van der Waals surface area contributed by atoms with Crippen LogP contribution in [0.15, 0.2) is 12.3 Å². The molecule has 17 heavy (non-hydrogen) atoms. The molecule has 0 atom stereocenters. The van der Waals surface area contributed by atoms with Gasteiger partial charge in [0, 0.05) is 24.6 Å². The fourth-order valence-electron chi connectivity index (χ4n) is 1.22. The Balaban J connectivity index is 2.77. The summed E-state index contributed by atoms with van der Waals surface area (Å²) in [5.41, 5.74) is 0.443. The first kappa shape index (κ1) is 13.4. The number of nitrogens with zero attached hydrogens (tertiary/aromatic N) is 2. The van der Waals surface area contributed by atoms with Crippen molar-refractivity contribution in [2.45, 2.75) is 20.8 Å². The number of hydrogen-bond donors (Lipinski definition) is 2. The quantitative estimate of drug-likeness (QED) is 0.603. The standard InChI is InChI=1S/C11H17N3O3/c1-8-4-9(14(16)17)5-12-10(8)13-6-11(2,3)7-15/h4-5,15H,6-7H2,1-3H3,(H,12,13). The van der Waals surface area contributed by atoms with E-state index in [4.69, 9.17) is 5.11 Å². The van der Waals surface area contributed by atoms with E-state index in [0.717, 1.165) is 0 Å². The van der Waals surface area contributed by atoms with Crippen LogP contribution in [-0.2, 0) is 0 Å². The van der Waals surface area contributed by atoms with Crippen LogP contribution in [0.3, 0.4) is 0 Å². The van der Waals surface area contributed by atoms with Gasteiger partial charge in [-0.1, -0.05) is 13.8 Å².